The fraction of sp³-hybridized carbons (Fsp3) is 0.280. The van der Waals surface area contributed by atoms with Gasteiger partial charge in [0, 0.05) is 5.56 Å². The number of anilines is 1. The molecule has 0 aromatic heterocycles. The quantitative estimate of drug-likeness (QED) is 0.477. The van der Waals surface area contributed by atoms with E-state index in [0.29, 0.717) is 0 Å². The van der Waals surface area contributed by atoms with Gasteiger partial charge in [-0.15, -0.1) is 0 Å². The Morgan fingerprint density at radius 1 is 0.828 bits per heavy atom. The fourth-order valence-electron chi connectivity index (χ4n) is 4.33. The van der Waals surface area contributed by atoms with Crippen LogP contribution in [0.25, 0.3) is 22.3 Å². The molecule has 0 saturated carbocycles. The topological polar surface area (TPSA) is 26.0 Å². The Labute approximate surface area is 169 Å². The van der Waals surface area contributed by atoms with E-state index in [1.165, 1.54) is 36.5 Å². The van der Waals surface area contributed by atoms with Gasteiger partial charge in [-0.3, -0.25) is 0 Å². The second kappa shape index (κ2) is 7.94. The monoisotopic (exact) mass is 395 g/mol. The average molecular weight is 395 g/mol. The summed E-state index contributed by atoms with van der Waals surface area (Å²) in [6.45, 7) is 2.23. The average Bonchev–Trinajstić information content (AvgIpc) is 2.71. The minimum absolute atomic E-state index is 0.130. The number of benzene rings is 3. The summed E-state index contributed by atoms with van der Waals surface area (Å²) in [5.41, 5.74) is 9.46. The normalized spacial score (nSPS) is 15.9. The van der Waals surface area contributed by atoms with E-state index in [4.69, 9.17) is 5.73 Å². The lowest BCUT2D eigenvalue weighted by Gasteiger charge is -2.25. The number of aryl methyl sites for hydroxylation is 1. The first-order chi connectivity index (χ1) is 14.0. The zero-order valence-corrected chi connectivity index (χ0v) is 16.4. The Balaban J connectivity index is 1.64. The molecule has 3 aromatic carbocycles. The van der Waals surface area contributed by atoms with Crippen LogP contribution in [0.15, 0.2) is 48.5 Å². The molecule has 1 unspecified atom stereocenters. The summed E-state index contributed by atoms with van der Waals surface area (Å²) in [4.78, 5) is 0. The maximum absolute atomic E-state index is 14.8. The number of halogens is 3. The molecule has 1 nitrogen and oxygen atoms in total. The molecule has 0 radical (unpaired) electrons. The van der Waals surface area contributed by atoms with Crippen molar-refractivity contribution in [3.05, 3.63) is 77.1 Å². The molecule has 3 aromatic rings. The Morgan fingerprint density at radius 2 is 1.48 bits per heavy atom. The van der Waals surface area contributed by atoms with E-state index in [1.807, 2.05) is 6.07 Å². The lowest BCUT2D eigenvalue weighted by atomic mass is 9.81. The van der Waals surface area contributed by atoms with Gasteiger partial charge in [0.25, 0.3) is 0 Å². The maximum atomic E-state index is 14.8. The SMILES string of the molecule is CCCC1CCc2cc(-c3ccc(-c4cc(F)c(N)c(F)c4)c(F)c3)ccc2C1. The van der Waals surface area contributed by atoms with Crippen LogP contribution >= 0.6 is 0 Å². The molecule has 0 saturated heterocycles. The molecule has 2 N–H and O–H groups in total. The van der Waals surface area contributed by atoms with Crippen LogP contribution in [-0.2, 0) is 12.8 Å². The molecule has 29 heavy (non-hydrogen) atoms. The summed E-state index contributed by atoms with van der Waals surface area (Å²) in [7, 11) is 0. The van der Waals surface area contributed by atoms with Gasteiger partial charge in [0.15, 0.2) is 0 Å². The van der Waals surface area contributed by atoms with Crippen molar-refractivity contribution in [1.29, 1.82) is 0 Å². The van der Waals surface area contributed by atoms with Gasteiger partial charge < -0.3 is 5.73 Å². The summed E-state index contributed by atoms with van der Waals surface area (Å²) >= 11 is 0. The van der Waals surface area contributed by atoms with Gasteiger partial charge in [0.2, 0.25) is 0 Å². The zero-order valence-electron chi connectivity index (χ0n) is 16.4. The van der Waals surface area contributed by atoms with E-state index in [9.17, 15) is 13.2 Å². The molecule has 0 fully saturated rings. The van der Waals surface area contributed by atoms with Crippen molar-refractivity contribution < 1.29 is 13.2 Å². The van der Waals surface area contributed by atoms with Crippen LogP contribution in [0.5, 0.6) is 0 Å². The molecule has 0 spiro atoms. The molecule has 4 heteroatoms. The minimum Gasteiger partial charge on any atom is -0.394 e. The number of nitrogen functional groups attached to an aromatic ring is 1. The van der Waals surface area contributed by atoms with Crippen molar-refractivity contribution in [2.75, 3.05) is 5.73 Å². The van der Waals surface area contributed by atoms with Crippen LogP contribution in [0.4, 0.5) is 18.9 Å². The van der Waals surface area contributed by atoms with E-state index in [0.717, 1.165) is 42.0 Å². The van der Waals surface area contributed by atoms with Gasteiger partial charge in [0.05, 0.1) is 0 Å². The summed E-state index contributed by atoms with van der Waals surface area (Å²) in [5, 5.41) is 0. The van der Waals surface area contributed by atoms with Gasteiger partial charge in [0.1, 0.15) is 23.1 Å². The molecular formula is C25H24F3N. The van der Waals surface area contributed by atoms with Crippen LogP contribution in [0.1, 0.15) is 37.3 Å². The molecule has 0 bridgehead atoms. The molecule has 4 rings (SSSR count). The molecule has 1 aliphatic carbocycles. The summed E-state index contributed by atoms with van der Waals surface area (Å²) < 4.78 is 42.3. The second-order valence-corrected chi connectivity index (χ2v) is 7.93. The number of rotatable bonds is 4. The number of nitrogens with two attached hydrogens (primary N) is 1. The first kappa shape index (κ1) is 19.6. The Bertz CT molecular complexity index is 1030. The molecule has 1 atom stereocenters. The lowest BCUT2D eigenvalue weighted by Crippen LogP contribution is -2.14. The molecule has 0 amide bonds. The van der Waals surface area contributed by atoms with E-state index < -0.39 is 23.1 Å². The highest BCUT2D eigenvalue weighted by Crippen LogP contribution is 2.34. The van der Waals surface area contributed by atoms with Gasteiger partial charge in [-0.25, -0.2) is 13.2 Å². The Hall–Kier alpha value is -2.75. The number of hydrogen-bond donors (Lipinski definition) is 1. The van der Waals surface area contributed by atoms with E-state index in [-0.39, 0.29) is 11.1 Å². The molecule has 0 aliphatic heterocycles. The number of hydrogen-bond acceptors (Lipinski definition) is 1. The van der Waals surface area contributed by atoms with Crippen molar-refractivity contribution in [2.24, 2.45) is 5.92 Å². The van der Waals surface area contributed by atoms with Gasteiger partial charge >= 0.3 is 0 Å². The van der Waals surface area contributed by atoms with Gasteiger partial charge in [-0.1, -0.05) is 50.1 Å². The van der Waals surface area contributed by atoms with Crippen molar-refractivity contribution in [3.8, 4) is 22.3 Å². The van der Waals surface area contributed by atoms with Crippen molar-refractivity contribution in [3.63, 3.8) is 0 Å². The lowest BCUT2D eigenvalue weighted by molar-refractivity contribution is 0.423. The van der Waals surface area contributed by atoms with Crippen LogP contribution in [0.2, 0.25) is 0 Å². The van der Waals surface area contributed by atoms with Gasteiger partial charge in [-0.05, 0) is 71.2 Å². The maximum Gasteiger partial charge on any atom is 0.149 e. The molecule has 1 aliphatic rings. The molecular weight excluding hydrogens is 371 g/mol. The van der Waals surface area contributed by atoms with Crippen LogP contribution in [0.3, 0.4) is 0 Å². The Kier molecular flexibility index (Phi) is 5.35. The second-order valence-electron chi connectivity index (χ2n) is 7.93. The van der Waals surface area contributed by atoms with Crippen LogP contribution in [-0.4, -0.2) is 0 Å². The van der Waals surface area contributed by atoms with Crippen molar-refractivity contribution >= 4 is 5.69 Å². The fourth-order valence-corrected chi connectivity index (χ4v) is 4.33. The zero-order chi connectivity index (χ0) is 20.5. The minimum atomic E-state index is -0.889. The van der Waals surface area contributed by atoms with Crippen molar-refractivity contribution in [2.45, 2.75) is 39.0 Å². The van der Waals surface area contributed by atoms with E-state index in [1.54, 1.807) is 12.1 Å². The first-order valence-corrected chi connectivity index (χ1v) is 10.1. The van der Waals surface area contributed by atoms with E-state index in [2.05, 4.69) is 19.1 Å². The third-order valence-electron chi connectivity index (χ3n) is 5.93. The van der Waals surface area contributed by atoms with Gasteiger partial charge in [-0.2, -0.15) is 0 Å². The summed E-state index contributed by atoms with van der Waals surface area (Å²) in [6.07, 6.45) is 5.85. The highest BCUT2D eigenvalue weighted by Gasteiger charge is 2.19. The highest BCUT2D eigenvalue weighted by molar-refractivity contribution is 5.72. The number of fused-ring (bicyclic) bond motifs is 1. The largest absolute Gasteiger partial charge is 0.394 e. The highest BCUT2D eigenvalue weighted by atomic mass is 19.1. The van der Waals surface area contributed by atoms with Crippen LogP contribution in [0, 0.1) is 23.4 Å². The predicted molar refractivity (Wildman–Crippen MR) is 112 cm³/mol. The molecule has 0 heterocycles. The molecule has 150 valence electrons. The van der Waals surface area contributed by atoms with E-state index >= 15 is 0 Å². The third kappa shape index (κ3) is 3.89. The summed E-state index contributed by atoms with van der Waals surface area (Å²) in [6, 6.07) is 13.2. The Morgan fingerprint density at radius 3 is 2.17 bits per heavy atom. The smallest absolute Gasteiger partial charge is 0.149 e. The predicted octanol–water partition coefficient (Wildman–Crippen LogP) is 6.93. The third-order valence-corrected chi connectivity index (χ3v) is 5.93. The van der Waals surface area contributed by atoms with Crippen molar-refractivity contribution in [1.82, 2.24) is 0 Å². The first-order valence-electron chi connectivity index (χ1n) is 10.1. The standard InChI is InChI=1S/C25H24F3N/c1-2-3-15-4-5-17-11-18(7-6-16(17)10-15)19-8-9-21(22(26)12-19)20-13-23(27)25(29)24(28)14-20/h6-9,11-15H,2-5,10,29H2,1H3. The summed E-state index contributed by atoms with van der Waals surface area (Å²) in [5.74, 6) is -1.54. The van der Waals surface area contributed by atoms with Crippen LogP contribution < -0.4 is 5.73 Å².